The van der Waals surface area contributed by atoms with Gasteiger partial charge in [-0.15, -0.1) is 0 Å². The lowest BCUT2D eigenvalue weighted by Gasteiger charge is -2.09. The first-order valence-electron chi connectivity index (χ1n) is 4.62. The zero-order valence-electron chi connectivity index (χ0n) is 8.34. The molecule has 0 aromatic carbocycles. The number of aryl methyl sites for hydroxylation is 1. The molecule has 1 heterocycles. The molecule has 0 aliphatic rings. The second-order valence-electron chi connectivity index (χ2n) is 3.14. The van der Waals surface area contributed by atoms with Crippen molar-refractivity contribution in [3.8, 4) is 0 Å². The Bertz CT molecular complexity index is 309. The number of nitrogens with one attached hydrogen (secondary N) is 1. The van der Waals surface area contributed by atoms with Crippen molar-refractivity contribution >= 4 is 21.8 Å². The number of halogens is 1. The van der Waals surface area contributed by atoms with Crippen molar-refractivity contribution in [3.63, 3.8) is 0 Å². The van der Waals surface area contributed by atoms with Gasteiger partial charge in [-0.1, -0.05) is 22.9 Å². The number of hydrogen-bond donors (Lipinski definition) is 1. The van der Waals surface area contributed by atoms with Gasteiger partial charge in [0.25, 0.3) is 5.91 Å². The standard InChI is InChI=1S/C10H14BrNO2/c1-3-9-8(4-5-14-9)10(13)12-7(2)6-11/h4-5,7H,3,6H2,1-2H3,(H,12,13). The van der Waals surface area contributed by atoms with Crippen LogP contribution in [0, 0.1) is 0 Å². The van der Waals surface area contributed by atoms with Crippen LogP contribution in [0.2, 0.25) is 0 Å². The van der Waals surface area contributed by atoms with Crippen LogP contribution in [0.25, 0.3) is 0 Å². The Morgan fingerprint density at radius 2 is 2.43 bits per heavy atom. The minimum Gasteiger partial charge on any atom is -0.469 e. The Hall–Kier alpha value is -0.770. The highest BCUT2D eigenvalue weighted by atomic mass is 79.9. The summed E-state index contributed by atoms with van der Waals surface area (Å²) < 4.78 is 5.18. The van der Waals surface area contributed by atoms with E-state index in [0.717, 1.165) is 17.5 Å². The number of furan rings is 1. The van der Waals surface area contributed by atoms with Crippen molar-refractivity contribution < 1.29 is 9.21 Å². The molecule has 0 saturated heterocycles. The van der Waals surface area contributed by atoms with Gasteiger partial charge in [-0.2, -0.15) is 0 Å². The van der Waals surface area contributed by atoms with Crippen LogP contribution in [-0.4, -0.2) is 17.3 Å². The molecular formula is C10H14BrNO2. The third-order valence-electron chi connectivity index (χ3n) is 1.92. The number of carbonyl (C=O) groups excluding carboxylic acids is 1. The fourth-order valence-electron chi connectivity index (χ4n) is 1.16. The van der Waals surface area contributed by atoms with E-state index in [1.807, 2.05) is 13.8 Å². The van der Waals surface area contributed by atoms with Crippen LogP contribution in [0.15, 0.2) is 16.7 Å². The van der Waals surface area contributed by atoms with Crippen molar-refractivity contribution in [3.05, 3.63) is 23.7 Å². The first-order chi connectivity index (χ1) is 6.69. The highest BCUT2D eigenvalue weighted by Gasteiger charge is 2.14. The number of amides is 1. The lowest BCUT2D eigenvalue weighted by atomic mass is 10.2. The molecule has 1 N–H and O–H groups in total. The minimum atomic E-state index is -0.0671. The zero-order valence-corrected chi connectivity index (χ0v) is 9.93. The van der Waals surface area contributed by atoms with Gasteiger partial charge in [0, 0.05) is 17.8 Å². The summed E-state index contributed by atoms with van der Waals surface area (Å²) >= 11 is 3.30. The van der Waals surface area contributed by atoms with Crippen LogP contribution in [0.4, 0.5) is 0 Å². The fourth-order valence-corrected chi connectivity index (χ4v) is 1.32. The van der Waals surface area contributed by atoms with E-state index in [1.54, 1.807) is 12.3 Å². The van der Waals surface area contributed by atoms with Crippen LogP contribution in [-0.2, 0) is 6.42 Å². The molecule has 1 aromatic rings. The van der Waals surface area contributed by atoms with E-state index < -0.39 is 0 Å². The second-order valence-corrected chi connectivity index (χ2v) is 3.79. The Labute approximate surface area is 92.0 Å². The van der Waals surface area contributed by atoms with Gasteiger partial charge in [0.1, 0.15) is 5.76 Å². The number of carbonyl (C=O) groups is 1. The van der Waals surface area contributed by atoms with Crippen molar-refractivity contribution in [1.82, 2.24) is 5.32 Å². The summed E-state index contributed by atoms with van der Waals surface area (Å²) in [6.45, 7) is 3.90. The molecule has 1 amide bonds. The first kappa shape index (κ1) is 11.3. The molecule has 1 rings (SSSR count). The first-order valence-corrected chi connectivity index (χ1v) is 5.74. The van der Waals surface area contributed by atoms with Gasteiger partial charge in [-0.05, 0) is 13.0 Å². The molecule has 0 bridgehead atoms. The Morgan fingerprint density at radius 3 is 3.00 bits per heavy atom. The van der Waals surface area contributed by atoms with Crippen LogP contribution < -0.4 is 5.32 Å². The monoisotopic (exact) mass is 259 g/mol. The zero-order chi connectivity index (χ0) is 10.6. The van der Waals surface area contributed by atoms with E-state index in [1.165, 1.54) is 0 Å². The molecule has 78 valence electrons. The molecule has 3 nitrogen and oxygen atoms in total. The molecule has 0 fully saturated rings. The van der Waals surface area contributed by atoms with Gasteiger partial charge >= 0.3 is 0 Å². The molecule has 4 heteroatoms. The maximum Gasteiger partial charge on any atom is 0.255 e. The third-order valence-corrected chi connectivity index (χ3v) is 2.89. The van der Waals surface area contributed by atoms with E-state index in [4.69, 9.17) is 4.42 Å². The number of hydrogen-bond acceptors (Lipinski definition) is 2. The predicted molar refractivity (Wildman–Crippen MR) is 58.8 cm³/mol. The average molecular weight is 260 g/mol. The van der Waals surface area contributed by atoms with Gasteiger partial charge in [0.2, 0.25) is 0 Å². The molecule has 0 aliphatic heterocycles. The lowest BCUT2D eigenvalue weighted by Crippen LogP contribution is -2.33. The maximum atomic E-state index is 11.7. The predicted octanol–water partition coefficient (Wildman–Crippen LogP) is 2.36. The van der Waals surface area contributed by atoms with Crippen molar-refractivity contribution in [2.75, 3.05) is 5.33 Å². The van der Waals surface area contributed by atoms with Crippen molar-refractivity contribution in [1.29, 1.82) is 0 Å². The largest absolute Gasteiger partial charge is 0.469 e. The van der Waals surface area contributed by atoms with Crippen LogP contribution >= 0.6 is 15.9 Å². The average Bonchev–Trinajstić information content (AvgIpc) is 2.65. The molecule has 1 aromatic heterocycles. The molecule has 0 aliphatic carbocycles. The Morgan fingerprint density at radius 1 is 1.71 bits per heavy atom. The molecule has 0 spiro atoms. The number of alkyl halides is 1. The molecule has 0 radical (unpaired) electrons. The topological polar surface area (TPSA) is 42.2 Å². The summed E-state index contributed by atoms with van der Waals surface area (Å²) in [7, 11) is 0. The molecule has 1 atom stereocenters. The summed E-state index contributed by atoms with van der Waals surface area (Å²) in [4.78, 5) is 11.7. The third kappa shape index (κ3) is 2.61. The Kier molecular flexibility index (Phi) is 4.20. The van der Waals surface area contributed by atoms with Gasteiger partial charge in [-0.3, -0.25) is 4.79 Å². The normalized spacial score (nSPS) is 12.5. The smallest absolute Gasteiger partial charge is 0.255 e. The summed E-state index contributed by atoms with van der Waals surface area (Å²) in [6, 6.07) is 1.83. The van der Waals surface area contributed by atoms with E-state index in [0.29, 0.717) is 5.56 Å². The van der Waals surface area contributed by atoms with Gasteiger partial charge < -0.3 is 9.73 Å². The molecular weight excluding hydrogens is 246 g/mol. The highest BCUT2D eigenvalue weighted by molar-refractivity contribution is 9.09. The van der Waals surface area contributed by atoms with E-state index in [-0.39, 0.29) is 11.9 Å². The SMILES string of the molecule is CCc1occc1C(=O)NC(C)CBr. The van der Waals surface area contributed by atoms with Gasteiger partial charge in [0.15, 0.2) is 0 Å². The number of rotatable bonds is 4. The summed E-state index contributed by atoms with van der Waals surface area (Å²) in [5.74, 6) is 0.673. The summed E-state index contributed by atoms with van der Waals surface area (Å²) in [5, 5.41) is 3.61. The Balaban J connectivity index is 2.69. The molecule has 1 unspecified atom stereocenters. The molecule has 0 saturated carbocycles. The summed E-state index contributed by atoms with van der Waals surface area (Å²) in [6.07, 6.45) is 2.28. The minimum absolute atomic E-state index is 0.0671. The van der Waals surface area contributed by atoms with E-state index in [9.17, 15) is 4.79 Å². The lowest BCUT2D eigenvalue weighted by molar-refractivity contribution is 0.0942. The highest BCUT2D eigenvalue weighted by Crippen LogP contribution is 2.11. The molecule has 14 heavy (non-hydrogen) atoms. The van der Waals surface area contributed by atoms with Crippen LogP contribution in [0.5, 0.6) is 0 Å². The van der Waals surface area contributed by atoms with Gasteiger partial charge in [0.05, 0.1) is 11.8 Å². The maximum absolute atomic E-state index is 11.7. The van der Waals surface area contributed by atoms with Crippen LogP contribution in [0.3, 0.4) is 0 Å². The van der Waals surface area contributed by atoms with Crippen molar-refractivity contribution in [2.24, 2.45) is 0 Å². The second kappa shape index (κ2) is 5.20. The summed E-state index contributed by atoms with van der Waals surface area (Å²) in [5.41, 5.74) is 0.639. The van der Waals surface area contributed by atoms with Crippen molar-refractivity contribution in [2.45, 2.75) is 26.3 Å². The van der Waals surface area contributed by atoms with Crippen LogP contribution in [0.1, 0.15) is 30.0 Å². The fraction of sp³-hybridized carbons (Fsp3) is 0.500. The quantitative estimate of drug-likeness (QED) is 0.844. The van der Waals surface area contributed by atoms with Gasteiger partial charge in [-0.25, -0.2) is 0 Å². The van der Waals surface area contributed by atoms with E-state index in [2.05, 4.69) is 21.2 Å². The van der Waals surface area contributed by atoms with E-state index >= 15 is 0 Å².